The molecule has 5 heteroatoms. The van der Waals surface area contributed by atoms with Gasteiger partial charge in [0.05, 0.1) is 13.2 Å². The minimum Gasteiger partial charge on any atom is -0.491 e. The lowest BCUT2D eigenvalue weighted by Gasteiger charge is -2.17. The zero-order chi connectivity index (χ0) is 23.7. The summed E-state index contributed by atoms with van der Waals surface area (Å²) in [5.74, 6) is 1.64. The number of halogens is 1. The van der Waals surface area contributed by atoms with Crippen LogP contribution in [-0.4, -0.2) is 40.6 Å². The third kappa shape index (κ3) is 4.09. The quantitative estimate of drug-likeness (QED) is 0.158. The molecule has 4 nitrogen and oxygen atoms in total. The molecule has 0 aliphatic rings. The molecule has 0 spiro atoms. The highest BCUT2D eigenvalue weighted by atomic mass is 79.9. The summed E-state index contributed by atoms with van der Waals surface area (Å²) < 4.78 is 23.7. The highest BCUT2D eigenvalue weighted by molar-refractivity contribution is 9.10. The summed E-state index contributed by atoms with van der Waals surface area (Å²) in [5, 5.41) is 9.30. The van der Waals surface area contributed by atoms with E-state index in [1.807, 2.05) is 6.07 Å². The summed E-state index contributed by atoms with van der Waals surface area (Å²) >= 11 is 3.75. The van der Waals surface area contributed by atoms with Crippen LogP contribution in [0.25, 0.3) is 43.1 Å². The van der Waals surface area contributed by atoms with E-state index in [-0.39, 0.29) is 0 Å². The molecule has 0 fully saturated rings. The average Bonchev–Trinajstić information content (AvgIpc) is 2.84. The molecular formula is C29H27BrO4. The van der Waals surface area contributed by atoms with E-state index in [4.69, 9.17) is 18.9 Å². The van der Waals surface area contributed by atoms with Gasteiger partial charge in [0, 0.05) is 24.1 Å². The predicted molar refractivity (Wildman–Crippen MR) is 144 cm³/mol. The van der Waals surface area contributed by atoms with E-state index in [0.717, 1.165) is 37.5 Å². The van der Waals surface area contributed by atoms with Crippen molar-refractivity contribution in [3.63, 3.8) is 0 Å². The van der Waals surface area contributed by atoms with Gasteiger partial charge in [-0.05, 0) is 68.4 Å². The lowest BCUT2D eigenvalue weighted by Crippen LogP contribution is -2.05. The Hall–Kier alpha value is -2.86. The first-order chi connectivity index (χ1) is 16.6. The van der Waals surface area contributed by atoms with Crippen molar-refractivity contribution in [2.24, 2.45) is 0 Å². The van der Waals surface area contributed by atoms with E-state index in [1.165, 1.54) is 27.1 Å². The average molecular weight is 519 g/mol. The minimum atomic E-state index is 0.475. The van der Waals surface area contributed by atoms with E-state index in [1.54, 1.807) is 14.2 Å². The van der Waals surface area contributed by atoms with Crippen molar-refractivity contribution in [3.05, 3.63) is 70.7 Å². The SMILES string of the molecule is COCCOc1cc(Br)c2ccc3c4ccc5c(C)cccc5c4cc(OCCOC)c3c2c1. The summed E-state index contributed by atoms with van der Waals surface area (Å²) in [6, 6.07) is 21.6. The third-order valence-electron chi connectivity index (χ3n) is 6.29. The third-order valence-corrected chi connectivity index (χ3v) is 6.95. The first-order valence-corrected chi connectivity index (χ1v) is 12.2. The first kappa shape index (κ1) is 22.9. The van der Waals surface area contributed by atoms with Crippen LogP contribution in [0.4, 0.5) is 0 Å². The maximum atomic E-state index is 6.33. The summed E-state index contributed by atoms with van der Waals surface area (Å²) in [7, 11) is 3.36. The molecule has 0 radical (unpaired) electrons. The number of aryl methyl sites for hydroxylation is 1. The van der Waals surface area contributed by atoms with Crippen LogP contribution in [0.1, 0.15) is 5.56 Å². The van der Waals surface area contributed by atoms with Crippen LogP contribution in [0.5, 0.6) is 11.5 Å². The number of ether oxygens (including phenoxy) is 4. The van der Waals surface area contributed by atoms with Gasteiger partial charge in [0.2, 0.25) is 0 Å². The van der Waals surface area contributed by atoms with E-state index in [2.05, 4.69) is 77.5 Å². The van der Waals surface area contributed by atoms with Crippen LogP contribution >= 0.6 is 15.9 Å². The fourth-order valence-corrected chi connectivity index (χ4v) is 5.23. The van der Waals surface area contributed by atoms with Crippen molar-refractivity contribution in [2.75, 3.05) is 40.6 Å². The van der Waals surface area contributed by atoms with Gasteiger partial charge in [-0.3, -0.25) is 0 Å². The van der Waals surface area contributed by atoms with Crippen molar-refractivity contribution < 1.29 is 18.9 Å². The zero-order valence-electron chi connectivity index (χ0n) is 19.6. The molecule has 0 N–H and O–H groups in total. The summed E-state index contributed by atoms with van der Waals surface area (Å²) in [6.07, 6.45) is 0. The molecule has 0 aromatic heterocycles. The lowest BCUT2D eigenvalue weighted by molar-refractivity contribution is 0.146. The topological polar surface area (TPSA) is 36.9 Å². The Morgan fingerprint density at radius 3 is 2.09 bits per heavy atom. The second kappa shape index (κ2) is 9.79. The molecule has 5 aromatic carbocycles. The van der Waals surface area contributed by atoms with Crippen molar-refractivity contribution in [3.8, 4) is 11.5 Å². The van der Waals surface area contributed by atoms with Gasteiger partial charge in [0.25, 0.3) is 0 Å². The highest BCUT2D eigenvalue weighted by Gasteiger charge is 2.16. The Bertz CT molecular complexity index is 1510. The van der Waals surface area contributed by atoms with Crippen LogP contribution in [0.2, 0.25) is 0 Å². The van der Waals surface area contributed by atoms with Crippen LogP contribution < -0.4 is 9.47 Å². The highest BCUT2D eigenvalue weighted by Crippen LogP contribution is 2.43. The molecular weight excluding hydrogens is 492 g/mol. The normalized spacial score (nSPS) is 11.6. The molecule has 0 aliphatic carbocycles. The van der Waals surface area contributed by atoms with Crippen molar-refractivity contribution in [1.29, 1.82) is 0 Å². The molecule has 5 rings (SSSR count). The molecule has 0 aliphatic heterocycles. The maximum Gasteiger partial charge on any atom is 0.128 e. The van der Waals surface area contributed by atoms with Crippen molar-refractivity contribution in [1.82, 2.24) is 0 Å². The zero-order valence-corrected chi connectivity index (χ0v) is 21.2. The standard InChI is InChI=1S/C29H27BrO4/c1-18-5-4-6-21-20(18)7-8-22-24-10-9-23-26(15-19(16-27(23)30)33-13-11-31-2)29(24)28(17-25(21)22)34-14-12-32-3/h4-10,15-17H,11-14H2,1-3H3. The largest absolute Gasteiger partial charge is 0.491 e. The molecule has 0 heterocycles. The minimum absolute atomic E-state index is 0.475. The van der Waals surface area contributed by atoms with Gasteiger partial charge < -0.3 is 18.9 Å². The molecule has 0 amide bonds. The number of hydrogen-bond acceptors (Lipinski definition) is 4. The van der Waals surface area contributed by atoms with E-state index >= 15 is 0 Å². The Morgan fingerprint density at radius 2 is 1.29 bits per heavy atom. The van der Waals surface area contributed by atoms with Crippen molar-refractivity contribution >= 4 is 59.0 Å². The molecule has 0 saturated heterocycles. The van der Waals surface area contributed by atoms with Crippen molar-refractivity contribution in [2.45, 2.75) is 6.92 Å². The molecule has 0 bridgehead atoms. The first-order valence-electron chi connectivity index (χ1n) is 11.4. The van der Waals surface area contributed by atoms with Crippen LogP contribution in [0, 0.1) is 6.92 Å². The van der Waals surface area contributed by atoms with Gasteiger partial charge in [0.15, 0.2) is 0 Å². The second-order valence-corrected chi connectivity index (χ2v) is 9.23. The molecule has 0 atom stereocenters. The van der Waals surface area contributed by atoms with Crippen LogP contribution in [-0.2, 0) is 9.47 Å². The molecule has 5 aromatic rings. The molecule has 0 saturated carbocycles. The summed E-state index contributed by atoms with van der Waals surface area (Å²) in [6.45, 7) is 4.18. The van der Waals surface area contributed by atoms with E-state index in [0.29, 0.717) is 26.4 Å². The fraction of sp³-hybridized carbons (Fsp3) is 0.241. The van der Waals surface area contributed by atoms with Crippen LogP contribution in [0.3, 0.4) is 0 Å². The molecule has 34 heavy (non-hydrogen) atoms. The second-order valence-electron chi connectivity index (χ2n) is 8.38. The number of methoxy groups -OCH3 is 2. The Labute approximate surface area is 207 Å². The summed E-state index contributed by atoms with van der Waals surface area (Å²) in [4.78, 5) is 0. The van der Waals surface area contributed by atoms with Gasteiger partial charge in [-0.15, -0.1) is 0 Å². The number of fused-ring (bicyclic) bond motifs is 7. The van der Waals surface area contributed by atoms with Gasteiger partial charge in [-0.2, -0.15) is 0 Å². The number of benzene rings is 5. The molecule has 174 valence electrons. The summed E-state index contributed by atoms with van der Waals surface area (Å²) in [5.41, 5.74) is 1.27. The Morgan fingerprint density at radius 1 is 0.618 bits per heavy atom. The monoisotopic (exact) mass is 518 g/mol. The Balaban J connectivity index is 1.83. The number of hydrogen-bond donors (Lipinski definition) is 0. The lowest BCUT2D eigenvalue weighted by atomic mass is 9.92. The maximum absolute atomic E-state index is 6.33. The fourth-order valence-electron chi connectivity index (χ4n) is 4.66. The Kier molecular flexibility index (Phi) is 6.59. The van der Waals surface area contributed by atoms with Gasteiger partial charge >= 0.3 is 0 Å². The van der Waals surface area contributed by atoms with E-state index < -0.39 is 0 Å². The van der Waals surface area contributed by atoms with Gasteiger partial charge in [-0.25, -0.2) is 0 Å². The number of rotatable bonds is 8. The van der Waals surface area contributed by atoms with E-state index in [9.17, 15) is 0 Å². The van der Waals surface area contributed by atoms with Gasteiger partial charge in [-0.1, -0.05) is 58.4 Å². The molecule has 0 unspecified atom stereocenters. The smallest absolute Gasteiger partial charge is 0.128 e. The van der Waals surface area contributed by atoms with Crippen LogP contribution in [0.15, 0.2) is 65.1 Å². The van der Waals surface area contributed by atoms with Gasteiger partial charge in [0.1, 0.15) is 24.7 Å². The predicted octanol–water partition coefficient (Wildman–Crippen LogP) is 7.42.